The smallest absolute Gasteiger partial charge is 0.115 e. The highest BCUT2D eigenvalue weighted by Crippen LogP contribution is 2.40. The Morgan fingerprint density at radius 1 is 1.21 bits per heavy atom. The molecule has 0 aromatic heterocycles. The van der Waals surface area contributed by atoms with Crippen LogP contribution in [-0.2, 0) is 6.42 Å². The van der Waals surface area contributed by atoms with E-state index in [0.29, 0.717) is 11.8 Å². The van der Waals surface area contributed by atoms with E-state index >= 15 is 0 Å². The lowest BCUT2D eigenvalue weighted by Crippen LogP contribution is -2.38. The first-order valence-electron chi connectivity index (χ1n) is 7.74. The van der Waals surface area contributed by atoms with Gasteiger partial charge in [0.2, 0.25) is 0 Å². The second-order valence-corrected chi connectivity index (χ2v) is 6.48. The minimum absolute atomic E-state index is 0.418. The Morgan fingerprint density at radius 3 is 2.84 bits per heavy atom. The number of likely N-dealkylation sites (tertiary alicyclic amines) is 1. The molecular formula is C17H25NO. The Balaban J connectivity index is 1.91. The first-order chi connectivity index (χ1) is 9.16. The molecule has 0 radical (unpaired) electrons. The molecule has 1 aliphatic carbocycles. The molecular weight excluding hydrogens is 234 g/mol. The number of rotatable bonds is 2. The van der Waals surface area contributed by atoms with E-state index in [9.17, 15) is 5.11 Å². The van der Waals surface area contributed by atoms with Gasteiger partial charge in [0.25, 0.3) is 0 Å². The summed E-state index contributed by atoms with van der Waals surface area (Å²) in [5.41, 5.74) is 2.84. The third-order valence-electron chi connectivity index (χ3n) is 4.92. The molecule has 1 N–H and O–H groups in total. The highest BCUT2D eigenvalue weighted by Gasteiger charge is 2.35. The number of hydrogen-bond acceptors (Lipinski definition) is 2. The minimum atomic E-state index is 0.418. The lowest BCUT2D eigenvalue weighted by atomic mass is 9.85. The van der Waals surface area contributed by atoms with Crippen molar-refractivity contribution in [3.63, 3.8) is 0 Å². The Bertz CT molecular complexity index is 455. The normalized spacial score (nSPS) is 27.7. The third-order valence-corrected chi connectivity index (χ3v) is 4.92. The van der Waals surface area contributed by atoms with Gasteiger partial charge < -0.3 is 5.11 Å². The number of phenols is 1. The standard InChI is InChI=1S/C17H25NO/c1-12(2)16-7-4-10-18(16)17-6-3-5-13-11-14(19)8-9-15(13)17/h8-9,11-12,16-17,19H,3-7,10H2,1-2H3. The van der Waals surface area contributed by atoms with Crippen molar-refractivity contribution in [1.82, 2.24) is 4.90 Å². The number of aromatic hydroxyl groups is 1. The van der Waals surface area contributed by atoms with Crippen LogP contribution in [-0.4, -0.2) is 22.6 Å². The second kappa shape index (κ2) is 5.16. The molecule has 2 nitrogen and oxygen atoms in total. The van der Waals surface area contributed by atoms with E-state index in [4.69, 9.17) is 0 Å². The van der Waals surface area contributed by atoms with Gasteiger partial charge in [-0.2, -0.15) is 0 Å². The van der Waals surface area contributed by atoms with Gasteiger partial charge in [-0.15, -0.1) is 0 Å². The van der Waals surface area contributed by atoms with Crippen molar-refractivity contribution in [1.29, 1.82) is 0 Å². The summed E-state index contributed by atoms with van der Waals surface area (Å²) < 4.78 is 0. The molecule has 1 aromatic carbocycles. The first kappa shape index (κ1) is 13.0. The van der Waals surface area contributed by atoms with Crippen LogP contribution in [0.1, 0.15) is 56.7 Å². The largest absolute Gasteiger partial charge is 0.508 e. The fourth-order valence-electron chi connectivity index (χ4n) is 4.04. The molecule has 1 aromatic rings. The summed E-state index contributed by atoms with van der Waals surface area (Å²) >= 11 is 0. The molecule has 0 amide bonds. The molecule has 1 saturated heterocycles. The molecule has 0 bridgehead atoms. The number of aryl methyl sites for hydroxylation is 1. The molecule has 0 spiro atoms. The van der Waals surface area contributed by atoms with Crippen LogP contribution in [0.5, 0.6) is 5.75 Å². The van der Waals surface area contributed by atoms with Gasteiger partial charge in [-0.05, 0) is 67.8 Å². The van der Waals surface area contributed by atoms with Gasteiger partial charge in [-0.25, -0.2) is 0 Å². The fraction of sp³-hybridized carbons (Fsp3) is 0.647. The van der Waals surface area contributed by atoms with Crippen LogP contribution in [0.25, 0.3) is 0 Å². The molecule has 19 heavy (non-hydrogen) atoms. The molecule has 2 aliphatic rings. The number of nitrogens with zero attached hydrogens (tertiary/aromatic N) is 1. The van der Waals surface area contributed by atoms with Gasteiger partial charge in [0.15, 0.2) is 0 Å². The van der Waals surface area contributed by atoms with Crippen LogP contribution in [0.15, 0.2) is 18.2 Å². The summed E-state index contributed by atoms with van der Waals surface area (Å²) in [5, 5.41) is 9.67. The second-order valence-electron chi connectivity index (χ2n) is 6.48. The van der Waals surface area contributed by atoms with Crippen LogP contribution in [0.4, 0.5) is 0 Å². The van der Waals surface area contributed by atoms with E-state index in [1.54, 1.807) is 0 Å². The summed E-state index contributed by atoms with van der Waals surface area (Å²) in [4.78, 5) is 2.74. The lowest BCUT2D eigenvalue weighted by molar-refractivity contribution is 0.132. The SMILES string of the molecule is CC(C)C1CCCN1C1CCCc2cc(O)ccc21. The maximum absolute atomic E-state index is 9.67. The van der Waals surface area contributed by atoms with Gasteiger partial charge in [-0.1, -0.05) is 19.9 Å². The van der Waals surface area contributed by atoms with E-state index in [1.165, 1.54) is 43.4 Å². The van der Waals surface area contributed by atoms with Gasteiger partial charge in [0.1, 0.15) is 5.75 Å². The predicted molar refractivity (Wildman–Crippen MR) is 78.4 cm³/mol. The molecule has 2 unspecified atom stereocenters. The predicted octanol–water partition coefficient (Wildman–Crippen LogP) is 3.89. The molecule has 2 heteroatoms. The monoisotopic (exact) mass is 259 g/mol. The van der Waals surface area contributed by atoms with Crippen molar-refractivity contribution in [3.8, 4) is 5.75 Å². The van der Waals surface area contributed by atoms with Gasteiger partial charge >= 0.3 is 0 Å². The van der Waals surface area contributed by atoms with Crippen molar-refractivity contribution in [3.05, 3.63) is 29.3 Å². The Labute approximate surface area is 116 Å². The topological polar surface area (TPSA) is 23.5 Å². The van der Waals surface area contributed by atoms with Crippen molar-refractivity contribution in [2.24, 2.45) is 5.92 Å². The zero-order chi connectivity index (χ0) is 13.4. The summed E-state index contributed by atoms with van der Waals surface area (Å²) in [6.07, 6.45) is 6.35. The van der Waals surface area contributed by atoms with E-state index in [0.717, 1.165) is 18.4 Å². The summed E-state index contributed by atoms with van der Waals surface area (Å²) in [6.45, 7) is 5.95. The Kier molecular flexibility index (Phi) is 3.53. The Morgan fingerprint density at radius 2 is 2.05 bits per heavy atom. The first-order valence-corrected chi connectivity index (χ1v) is 7.74. The number of hydrogen-bond donors (Lipinski definition) is 1. The average molecular weight is 259 g/mol. The fourth-order valence-corrected chi connectivity index (χ4v) is 4.04. The van der Waals surface area contributed by atoms with Crippen molar-refractivity contribution in [2.75, 3.05) is 6.54 Å². The van der Waals surface area contributed by atoms with E-state index in [-0.39, 0.29) is 0 Å². The van der Waals surface area contributed by atoms with Crippen LogP contribution in [0.2, 0.25) is 0 Å². The van der Waals surface area contributed by atoms with Gasteiger partial charge in [-0.3, -0.25) is 4.90 Å². The average Bonchev–Trinajstić information content (AvgIpc) is 2.86. The maximum atomic E-state index is 9.67. The minimum Gasteiger partial charge on any atom is -0.508 e. The number of fused-ring (bicyclic) bond motifs is 1. The molecule has 2 atom stereocenters. The van der Waals surface area contributed by atoms with Crippen LogP contribution >= 0.6 is 0 Å². The van der Waals surface area contributed by atoms with Gasteiger partial charge in [0.05, 0.1) is 0 Å². The van der Waals surface area contributed by atoms with Crippen molar-refractivity contribution >= 4 is 0 Å². The van der Waals surface area contributed by atoms with Crippen LogP contribution in [0.3, 0.4) is 0 Å². The zero-order valence-corrected chi connectivity index (χ0v) is 12.1. The summed E-state index contributed by atoms with van der Waals surface area (Å²) in [5.74, 6) is 1.16. The quantitative estimate of drug-likeness (QED) is 0.871. The zero-order valence-electron chi connectivity index (χ0n) is 12.1. The highest BCUT2D eigenvalue weighted by atomic mass is 16.3. The maximum Gasteiger partial charge on any atom is 0.115 e. The molecule has 1 fully saturated rings. The molecule has 0 saturated carbocycles. The van der Waals surface area contributed by atoms with E-state index in [1.807, 2.05) is 12.1 Å². The summed E-state index contributed by atoms with van der Waals surface area (Å²) in [6, 6.07) is 7.31. The molecule has 1 aliphatic heterocycles. The number of benzene rings is 1. The molecule has 104 valence electrons. The van der Waals surface area contributed by atoms with E-state index in [2.05, 4.69) is 24.8 Å². The third kappa shape index (κ3) is 2.38. The van der Waals surface area contributed by atoms with Gasteiger partial charge in [0, 0.05) is 12.1 Å². The van der Waals surface area contributed by atoms with Crippen LogP contribution in [0, 0.1) is 5.92 Å². The molecule has 3 rings (SSSR count). The van der Waals surface area contributed by atoms with Crippen molar-refractivity contribution in [2.45, 2.75) is 58.0 Å². The number of phenolic OH excluding ortho intramolecular Hbond substituents is 1. The molecule has 1 heterocycles. The van der Waals surface area contributed by atoms with Crippen LogP contribution < -0.4 is 0 Å². The Hall–Kier alpha value is -1.02. The van der Waals surface area contributed by atoms with E-state index < -0.39 is 0 Å². The highest BCUT2D eigenvalue weighted by molar-refractivity contribution is 5.38. The lowest BCUT2D eigenvalue weighted by Gasteiger charge is -2.38. The van der Waals surface area contributed by atoms with Crippen molar-refractivity contribution < 1.29 is 5.11 Å². The summed E-state index contributed by atoms with van der Waals surface area (Å²) in [7, 11) is 0.